The molecule has 0 amide bonds. The van der Waals surface area contributed by atoms with Crippen LogP contribution in [0.15, 0.2) is 30.3 Å². The van der Waals surface area contributed by atoms with Gasteiger partial charge >= 0.3 is 0 Å². The summed E-state index contributed by atoms with van der Waals surface area (Å²) in [4.78, 5) is 20.6. The third-order valence-electron chi connectivity index (χ3n) is 1.49. The topological polar surface area (TPSA) is 75.5 Å². The highest BCUT2D eigenvalue weighted by atomic mass is 16.7. The molecule has 0 heterocycles. The summed E-state index contributed by atoms with van der Waals surface area (Å²) in [5.41, 5.74) is 2.73. The summed E-state index contributed by atoms with van der Waals surface area (Å²) in [6.07, 6.45) is 0.555. The summed E-state index contributed by atoms with van der Waals surface area (Å²) < 4.78 is 0. The fraction of sp³-hybridized carbons (Fsp3) is 0.125. The van der Waals surface area contributed by atoms with E-state index in [1.54, 1.807) is 30.3 Å². The van der Waals surface area contributed by atoms with E-state index >= 15 is 0 Å². The van der Waals surface area contributed by atoms with Gasteiger partial charge in [0.2, 0.25) is 0 Å². The van der Waals surface area contributed by atoms with E-state index in [9.17, 15) is 14.9 Å². The molecule has 0 aliphatic carbocycles. The zero-order chi connectivity index (χ0) is 10.4. The van der Waals surface area contributed by atoms with Gasteiger partial charge in [-0.05, 0) is 17.3 Å². The van der Waals surface area contributed by atoms with Crippen LogP contribution < -0.4 is 10.5 Å². The van der Waals surface area contributed by atoms with Crippen molar-refractivity contribution in [3.05, 3.63) is 40.4 Å². The molecule has 0 radical (unpaired) electrons. The number of carbonyl (C=O) groups is 1. The van der Waals surface area contributed by atoms with Gasteiger partial charge in [-0.2, -0.15) is 5.43 Å². The summed E-state index contributed by atoms with van der Waals surface area (Å²) in [5, 5.41) is 10.6. The summed E-state index contributed by atoms with van der Waals surface area (Å²) >= 11 is 0. The maximum atomic E-state index is 10.6. The first-order valence-electron chi connectivity index (χ1n) is 3.92. The Labute approximate surface area is 80.2 Å². The molecule has 1 aromatic rings. The average Bonchev–Trinajstić information content (AvgIpc) is 2.19. The van der Waals surface area contributed by atoms with Crippen molar-refractivity contribution in [3.63, 3.8) is 0 Å². The van der Waals surface area contributed by atoms with Crippen LogP contribution in [0.3, 0.4) is 0 Å². The third-order valence-corrected chi connectivity index (χ3v) is 1.49. The first kappa shape index (κ1) is 10.1. The van der Waals surface area contributed by atoms with Gasteiger partial charge in [-0.3, -0.25) is 0 Å². The average molecular weight is 195 g/mol. The number of nitrogens with zero attached hydrogens (tertiary/aromatic N) is 2. The van der Waals surface area contributed by atoms with E-state index in [0.717, 1.165) is 0 Å². The Hall–Kier alpha value is -1.95. The minimum Gasteiger partial charge on any atom is -0.302 e. The lowest BCUT2D eigenvalue weighted by Crippen LogP contribution is -2.43. The Balaban J connectivity index is 2.78. The normalized spacial score (nSPS) is 9.43. The molecule has 14 heavy (non-hydrogen) atoms. The van der Waals surface area contributed by atoms with Gasteiger partial charge in [-0.1, -0.05) is 18.2 Å². The van der Waals surface area contributed by atoms with Crippen molar-refractivity contribution in [2.24, 2.45) is 0 Å². The Bertz CT molecular complexity index is 315. The predicted octanol–water partition coefficient (Wildman–Crippen LogP) is 0.388. The van der Waals surface area contributed by atoms with Crippen LogP contribution in [0.2, 0.25) is 0 Å². The van der Waals surface area contributed by atoms with E-state index in [1.165, 1.54) is 0 Å². The van der Waals surface area contributed by atoms with Crippen molar-refractivity contribution < 1.29 is 9.83 Å². The highest BCUT2D eigenvalue weighted by Gasteiger charge is 2.15. The molecule has 1 N–H and O–H groups in total. The number of rotatable bonds is 5. The predicted molar refractivity (Wildman–Crippen MR) is 50.0 cm³/mol. The molecule has 74 valence electrons. The molecule has 0 saturated carbocycles. The third kappa shape index (κ3) is 2.53. The van der Waals surface area contributed by atoms with E-state index < -0.39 is 5.03 Å². The van der Waals surface area contributed by atoms with Crippen LogP contribution in [-0.2, 0) is 4.79 Å². The van der Waals surface area contributed by atoms with E-state index in [2.05, 4.69) is 5.43 Å². The fourth-order valence-electron chi connectivity index (χ4n) is 0.936. The number of carbonyl (C=O) groups excluding carboxylic acids is 1. The highest BCUT2D eigenvalue weighted by molar-refractivity contribution is 5.53. The SMILES string of the molecule is O=CCNN(c1ccccc1)[N+](=O)[O-]. The number of nitrogens with one attached hydrogen (secondary N) is 1. The van der Waals surface area contributed by atoms with Crippen molar-refractivity contribution in [2.45, 2.75) is 0 Å². The summed E-state index contributed by atoms with van der Waals surface area (Å²) in [6, 6.07) is 8.24. The second-order valence-electron chi connectivity index (χ2n) is 2.41. The minimum absolute atomic E-state index is 0.101. The van der Waals surface area contributed by atoms with Gasteiger partial charge in [0.05, 0.1) is 6.54 Å². The maximum absolute atomic E-state index is 10.6. The lowest BCUT2D eigenvalue weighted by molar-refractivity contribution is -0.503. The molecule has 0 unspecified atom stereocenters. The molecule has 6 heteroatoms. The largest absolute Gasteiger partial charge is 0.302 e. The number of hydrazine groups is 2. The number of anilines is 1. The van der Waals surface area contributed by atoms with Gasteiger partial charge in [-0.25, -0.2) is 10.1 Å². The monoisotopic (exact) mass is 195 g/mol. The summed E-state index contributed by atoms with van der Waals surface area (Å²) in [6.45, 7) is -0.101. The molecular formula is C8H9N3O3. The molecule has 1 aromatic carbocycles. The van der Waals surface area contributed by atoms with Gasteiger partial charge in [0.1, 0.15) is 12.0 Å². The van der Waals surface area contributed by atoms with Crippen molar-refractivity contribution >= 4 is 12.0 Å². The lowest BCUT2D eigenvalue weighted by atomic mass is 10.3. The van der Waals surface area contributed by atoms with Crippen molar-refractivity contribution in [3.8, 4) is 0 Å². The zero-order valence-corrected chi connectivity index (χ0v) is 7.29. The van der Waals surface area contributed by atoms with Crippen molar-refractivity contribution in [2.75, 3.05) is 11.7 Å². The van der Waals surface area contributed by atoms with Crippen molar-refractivity contribution in [1.29, 1.82) is 0 Å². The minimum atomic E-state index is -0.626. The van der Waals surface area contributed by atoms with Crippen LogP contribution >= 0.6 is 0 Å². The van der Waals surface area contributed by atoms with Crippen LogP contribution in [0.5, 0.6) is 0 Å². The van der Waals surface area contributed by atoms with E-state index in [0.29, 0.717) is 17.1 Å². The second-order valence-corrected chi connectivity index (χ2v) is 2.41. The first-order valence-corrected chi connectivity index (χ1v) is 3.92. The molecule has 6 nitrogen and oxygen atoms in total. The smallest absolute Gasteiger partial charge is 0.181 e. The molecular weight excluding hydrogens is 186 g/mol. The van der Waals surface area contributed by atoms with Gasteiger partial charge in [0.15, 0.2) is 5.03 Å². The number of nitro groups is 1. The van der Waals surface area contributed by atoms with Crippen LogP contribution in [0.25, 0.3) is 0 Å². The second kappa shape index (κ2) is 4.93. The van der Waals surface area contributed by atoms with E-state index in [1.807, 2.05) is 0 Å². The van der Waals surface area contributed by atoms with Crippen LogP contribution in [0.1, 0.15) is 0 Å². The quantitative estimate of drug-likeness (QED) is 0.418. The van der Waals surface area contributed by atoms with Gasteiger partial charge < -0.3 is 4.79 Å². The number of para-hydroxylation sites is 1. The Morgan fingerprint density at radius 1 is 1.43 bits per heavy atom. The van der Waals surface area contributed by atoms with E-state index in [-0.39, 0.29) is 6.54 Å². The van der Waals surface area contributed by atoms with Gasteiger partial charge in [0.25, 0.3) is 0 Å². The fourth-order valence-corrected chi connectivity index (χ4v) is 0.936. The Kier molecular flexibility index (Phi) is 3.57. The lowest BCUT2D eigenvalue weighted by Gasteiger charge is -2.12. The molecule has 1 rings (SSSR count). The molecule has 0 aliphatic rings. The maximum Gasteiger partial charge on any atom is 0.181 e. The Morgan fingerprint density at radius 3 is 2.57 bits per heavy atom. The van der Waals surface area contributed by atoms with Gasteiger partial charge in [-0.15, -0.1) is 0 Å². The van der Waals surface area contributed by atoms with Gasteiger partial charge in [0, 0.05) is 0 Å². The number of aldehydes is 1. The van der Waals surface area contributed by atoms with Crippen LogP contribution in [-0.4, -0.2) is 17.9 Å². The first-order chi connectivity index (χ1) is 6.75. The summed E-state index contributed by atoms with van der Waals surface area (Å²) in [5.74, 6) is 0. The number of hydrogen-bond acceptors (Lipinski definition) is 4. The summed E-state index contributed by atoms with van der Waals surface area (Å²) in [7, 11) is 0. The van der Waals surface area contributed by atoms with E-state index in [4.69, 9.17) is 0 Å². The molecule has 0 saturated heterocycles. The highest BCUT2D eigenvalue weighted by Crippen LogP contribution is 2.09. The number of hydrogen-bond donors (Lipinski definition) is 1. The number of benzene rings is 1. The van der Waals surface area contributed by atoms with Crippen LogP contribution in [0.4, 0.5) is 5.69 Å². The molecule has 0 bridgehead atoms. The van der Waals surface area contributed by atoms with Crippen molar-refractivity contribution in [1.82, 2.24) is 5.43 Å². The standard InChI is InChI=1S/C8H9N3O3/c12-7-6-9-10(11(13)14)8-4-2-1-3-5-8/h1-5,7,9H,6H2. The van der Waals surface area contributed by atoms with Crippen LogP contribution in [0, 0.1) is 10.1 Å². The zero-order valence-electron chi connectivity index (χ0n) is 7.29. The molecule has 0 fully saturated rings. The Morgan fingerprint density at radius 2 is 2.07 bits per heavy atom. The molecule has 0 atom stereocenters. The molecule has 0 aliphatic heterocycles. The molecule has 0 spiro atoms. The molecule has 0 aromatic heterocycles.